The summed E-state index contributed by atoms with van der Waals surface area (Å²) < 4.78 is 16.9. The fourth-order valence-corrected chi connectivity index (χ4v) is 3.36. The molecule has 0 spiro atoms. The lowest BCUT2D eigenvalue weighted by molar-refractivity contribution is 0.122. The number of guanidine groups is 1. The van der Waals surface area contributed by atoms with E-state index < -0.39 is 0 Å². The highest BCUT2D eigenvalue weighted by Gasteiger charge is 2.16. The first-order chi connectivity index (χ1) is 14.3. The molecule has 2 aliphatic rings. The van der Waals surface area contributed by atoms with E-state index in [9.17, 15) is 0 Å². The highest BCUT2D eigenvalue weighted by molar-refractivity contribution is 14.0. The highest BCUT2D eigenvalue weighted by atomic mass is 127. The zero-order chi connectivity index (χ0) is 19.9. The molecule has 0 amide bonds. The molecule has 2 N–H and O–H groups in total. The van der Waals surface area contributed by atoms with Gasteiger partial charge in [-0.3, -0.25) is 4.99 Å². The van der Waals surface area contributed by atoms with Crippen LogP contribution in [0.4, 0.5) is 11.5 Å². The van der Waals surface area contributed by atoms with E-state index in [2.05, 4.69) is 31.6 Å². The zero-order valence-electron chi connectivity index (χ0n) is 17.1. The van der Waals surface area contributed by atoms with E-state index in [0.29, 0.717) is 25.7 Å². The maximum absolute atomic E-state index is 5.77. The van der Waals surface area contributed by atoms with Crippen molar-refractivity contribution >= 4 is 41.4 Å². The number of anilines is 2. The normalized spacial score (nSPS) is 16.3. The van der Waals surface area contributed by atoms with Crippen molar-refractivity contribution in [3.05, 3.63) is 42.1 Å². The zero-order valence-corrected chi connectivity index (χ0v) is 19.4. The summed E-state index contributed by atoms with van der Waals surface area (Å²) in [5.41, 5.74) is 2.01. The van der Waals surface area contributed by atoms with Crippen LogP contribution in [-0.2, 0) is 11.3 Å². The molecule has 0 aliphatic carbocycles. The summed E-state index contributed by atoms with van der Waals surface area (Å²) in [5.74, 6) is 3.21. The smallest absolute Gasteiger partial charge is 0.195 e. The predicted octanol–water partition coefficient (Wildman–Crippen LogP) is 2.89. The van der Waals surface area contributed by atoms with E-state index in [1.807, 2.05) is 30.5 Å². The number of benzene rings is 1. The number of aliphatic imine (C=N–C) groups is 1. The molecule has 0 radical (unpaired) electrons. The van der Waals surface area contributed by atoms with Gasteiger partial charge in [-0.25, -0.2) is 4.98 Å². The van der Waals surface area contributed by atoms with Crippen LogP contribution in [0, 0.1) is 0 Å². The SMILES string of the molecule is CN=C(NCc1cccnc1N1CCOCC1)Nc1ccc2c(c1)OCCCO2.I. The summed E-state index contributed by atoms with van der Waals surface area (Å²) in [7, 11) is 1.75. The van der Waals surface area contributed by atoms with Crippen LogP contribution in [-0.4, -0.2) is 57.5 Å². The predicted molar refractivity (Wildman–Crippen MR) is 129 cm³/mol. The number of morpholine rings is 1. The first-order valence-electron chi connectivity index (χ1n) is 9.97. The minimum atomic E-state index is 0. The van der Waals surface area contributed by atoms with Gasteiger partial charge >= 0.3 is 0 Å². The standard InChI is InChI=1S/C21H27N5O3.HI/c1-22-21(25-17-5-6-18-19(14-17)29-11-3-10-28-18)24-15-16-4-2-7-23-20(16)26-8-12-27-13-9-26;/h2,4-7,14H,3,8-13,15H2,1H3,(H2,22,24,25);1H. The van der Waals surface area contributed by atoms with Crippen LogP contribution in [0.2, 0.25) is 0 Å². The van der Waals surface area contributed by atoms with E-state index in [4.69, 9.17) is 14.2 Å². The van der Waals surface area contributed by atoms with E-state index in [1.54, 1.807) is 7.05 Å². The summed E-state index contributed by atoms with van der Waals surface area (Å²) in [6.45, 7) is 5.13. The molecule has 0 unspecified atom stereocenters. The van der Waals surface area contributed by atoms with Gasteiger partial charge in [0.15, 0.2) is 17.5 Å². The number of hydrogen-bond donors (Lipinski definition) is 2. The Morgan fingerprint density at radius 2 is 1.90 bits per heavy atom. The first-order valence-corrected chi connectivity index (χ1v) is 9.97. The van der Waals surface area contributed by atoms with E-state index in [1.165, 1.54) is 0 Å². The van der Waals surface area contributed by atoms with Gasteiger partial charge in [0, 0.05) is 56.6 Å². The molecular formula is C21H28IN5O3. The topological polar surface area (TPSA) is 80.2 Å². The van der Waals surface area contributed by atoms with Crippen LogP contribution in [0.25, 0.3) is 0 Å². The lowest BCUT2D eigenvalue weighted by Gasteiger charge is -2.29. The van der Waals surface area contributed by atoms with Gasteiger partial charge in [0.25, 0.3) is 0 Å². The molecule has 2 aliphatic heterocycles. The van der Waals surface area contributed by atoms with Gasteiger partial charge < -0.3 is 29.7 Å². The van der Waals surface area contributed by atoms with Gasteiger partial charge in [0.1, 0.15) is 5.82 Å². The molecule has 0 atom stereocenters. The lowest BCUT2D eigenvalue weighted by Crippen LogP contribution is -2.38. The second-order valence-electron chi connectivity index (χ2n) is 6.85. The number of halogens is 1. The maximum Gasteiger partial charge on any atom is 0.195 e. The molecular weight excluding hydrogens is 497 g/mol. The van der Waals surface area contributed by atoms with Crippen LogP contribution in [0.15, 0.2) is 41.5 Å². The Kier molecular flexibility index (Phi) is 8.38. The van der Waals surface area contributed by atoms with Gasteiger partial charge in [-0.05, 0) is 18.2 Å². The lowest BCUT2D eigenvalue weighted by atomic mass is 10.2. The second-order valence-corrected chi connectivity index (χ2v) is 6.85. The van der Waals surface area contributed by atoms with E-state index in [0.717, 1.165) is 61.3 Å². The Balaban J connectivity index is 0.00000256. The molecule has 2 aromatic rings. The minimum Gasteiger partial charge on any atom is -0.490 e. The molecule has 0 saturated carbocycles. The van der Waals surface area contributed by atoms with Crippen molar-refractivity contribution < 1.29 is 14.2 Å². The van der Waals surface area contributed by atoms with E-state index in [-0.39, 0.29) is 24.0 Å². The van der Waals surface area contributed by atoms with Crippen molar-refractivity contribution in [2.45, 2.75) is 13.0 Å². The van der Waals surface area contributed by atoms with Crippen molar-refractivity contribution in [2.75, 3.05) is 56.8 Å². The molecule has 1 aromatic carbocycles. The molecule has 162 valence electrons. The van der Waals surface area contributed by atoms with Gasteiger partial charge in [-0.15, -0.1) is 24.0 Å². The van der Waals surface area contributed by atoms with Crippen molar-refractivity contribution in [2.24, 2.45) is 4.99 Å². The molecule has 1 aromatic heterocycles. The number of pyridine rings is 1. The second kappa shape index (κ2) is 11.2. The third kappa shape index (κ3) is 5.66. The van der Waals surface area contributed by atoms with Crippen LogP contribution >= 0.6 is 24.0 Å². The summed E-state index contributed by atoms with van der Waals surface area (Å²) in [4.78, 5) is 11.2. The van der Waals surface area contributed by atoms with Gasteiger partial charge in [0.2, 0.25) is 0 Å². The Morgan fingerprint density at radius 3 is 2.70 bits per heavy atom. The minimum absolute atomic E-state index is 0. The number of rotatable bonds is 4. The fraction of sp³-hybridized carbons (Fsp3) is 0.429. The highest BCUT2D eigenvalue weighted by Crippen LogP contribution is 2.32. The Morgan fingerprint density at radius 1 is 1.10 bits per heavy atom. The fourth-order valence-electron chi connectivity index (χ4n) is 3.36. The largest absolute Gasteiger partial charge is 0.490 e. The Hall–Kier alpha value is -2.27. The summed E-state index contributed by atoms with van der Waals surface area (Å²) in [5, 5.41) is 6.69. The average molecular weight is 525 g/mol. The van der Waals surface area contributed by atoms with Gasteiger partial charge in [-0.1, -0.05) is 6.07 Å². The number of nitrogens with one attached hydrogen (secondary N) is 2. The average Bonchev–Trinajstić information content (AvgIpc) is 3.02. The summed E-state index contributed by atoms with van der Waals surface area (Å²) in [6.07, 6.45) is 2.72. The number of ether oxygens (including phenoxy) is 3. The van der Waals surface area contributed by atoms with Crippen LogP contribution < -0.4 is 25.0 Å². The molecule has 0 bridgehead atoms. The number of aromatic nitrogens is 1. The summed E-state index contributed by atoms with van der Waals surface area (Å²) in [6, 6.07) is 9.88. The molecule has 1 saturated heterocycles. The molecule has 8 nitrogen and oxygen atoms in total. The molecule has 3 heterocycles. The monoisotopic (exact) mass is 525 g/mol. The van der Waals surface area contributed by atoms with Crippen LogP contribution in [0.3, 0.4) is 0 Å². The molecule has 4 rings (SSSR count). The van der Waals surface area contributed by atoms with Crippen molar-refractivity contribution in [3.63, 3.8) is 0 Å². The van der Waals surface area contributed by atoms with Gasteiger partial charge in [-0.2, -0.15) is 0 Å². The molecule has 1 fully saturated rings. The number of hydrogen-bond acceptors (Lipinski definition) is 6. The van der Waals surface area contributed by atoms with Gasteiger partial charge in [0.05, 0.1) is 26.4 Å². The molecule has 9 heteroatoms. The van der Waals surface area contributed by atoms with Crippen molar-refractivity contribution in [3.8, 4) is 11.5 Å². The molecule has 30 heavy (non-hydrogen) atoms. The summed E-state index contributed by atoms with van der Waals surface area (Å²) >= 11 is 0. The quantitative estimate of drug-likeness (QED) is 0.361. The number of nitrogens with zero attached hydrogens (tertiary/aromatic N) is 3. The Bertz CT molecular complexity index is 858. The van der Waals surface area contributed by atoms with Crippen LogP contribution in [0.5, 0.6) is 11.5 Å². The van der Waals surface area contributed by atoms with Crippen molar-refractivity contribution in [1.29, 1.82) is 0 Å². The third-order valence-electron chi connectivity index (χ3n) is 4.86. The third-order valence-corrected chi connectivity index (χ3v) is 4.86. The van der Waals surface area contributed by atoms with E-state index >= 15 is 0 Å². The number of fused-ring (bicyclic) bond motifs is 1. The van der Waals surface area contributed by atoms with Crippen LogP contribution in [0.1, 0.15) is 12.0 Å². The Labute approximate surface area is 194 Å². The van der Waals surface area contributed by atoms with Crippen molar-refractivity contribution in [1.82, 2.24) is 10.3 Å². The maximum atomic E-state index is 5.77. The first kappa shape index (κ1) is 22.4.